The summed E-state index contributed by atoms with van der Waals surface area (Å²) in [4.78, 5) is 28.0. The van der Waals surface area contributed by atoms with E-state index in [9.17, 15) is 18.0 Å². The van der Waals surface area contributed by atoms with Crippen LogP contribution in [0.2, 0.25) is 0 Å². The summed E-state index contributed by atoms with van der Waals surface area (Å²) in [6.45, 7) is 8.90. The first-order valence-electron chi connectivity index (χ1n) is 12.2. The second-order valence-electron chi connectivity index (χ2n) is 9.35. The van der Waals surface area contributed by atoms with Gasteiger partial charge in [0.05, 0.1) is 11.9 Å². The van der Waals surface area contributed by atoms with Crippen LogP contribution in [0.25, 0.3) is 0 Å². The Morgan fingerprint density at radius 1 is 1.03 bits per heavy atom. The minimum atomic E-state index is -3.51. The zero-order valence-corrected chi connectivity index (χ0v) is 22.3. The molecule has 0 spiro atoms. The lowest BCUT2D eigenvalue weighted by atomic mass is 10.1. The molecule has 1 unspecified atom stereocenters. The zero-order valence-electron chi connectivity index (χ0n) is 21.5. The number of carbonyl (C=O) groups is 2. The fourth-order valence-electron chi connectivity index (χ4n) is 3.91. The van der Waals surface area contributed by atoms with Crippen molar-refractivity contribution in [3.05, 3.63) is 65.7 Å². The molecule has 1 atom stereocenters. The Morgan fingerprint density at radius 2 is 1.71 bits per heavy atom. The molecule has 192 valence electrons. The van der Waals surface area contributed by atoms with Crippen molar-refractivity contribution in [3.8, 4) is 0 Å². The Morgan fingerprint density at radius 3 is 2.29 bits per heavy atom. The van der Waals surface area contributed by atoms with Gasteiger partial charge in [-0.1, -0.05) is 63.2 Å². The van der Waals surface area contributed by atoms with Gasteiger partial charge in [-0.05, 0) is 48.9 Å². The third-order valence-electron chi connectivity index (χ3n) is 5.71. The van der Waals surface area contributed by atoms with E-state index in [0.29, 0.717) is 37.5 Å². The quantitative estimate of drug-likeness (QED) is 0.447. The summed E-state index contributed by atoms with van der Waals surface area (Å²) in [6, 6.07) is 16.3. The summed E-state index contributed by atoms with van der Waals surface area (Å²) in [5.41, 5.74) is 2.48. The van der Waals surface area contributed by atoms with Crippen molar-refractivity contribution in [1.82, 2.24) is 10.2 Å². The van der Waals surface area contributed by atoms with Gasteiger partial charge in [0.25, 0.3) is 0 Å². The van der Waals surface area contributed by atoms with Crippen LogP contribution in [0.5, 0.6) is 0 Å². The fraction of sp³-hybridized carbons (Fsp3) is 0.481. The molecule has 2 aromatic rings. The van der Waals surface area contributed by atoms with Gasteiger partial charge in [0, 0.05) is 26.1 Å². The number of benzene rings is 2. The first kappa shape index (κ1) is 28.4. The summed E-state index contributed by atoms with van der Waals surface area (Å²) in [6.07, 6.45) is 2.14. The second-order valence-corrected chi connectivity index (χ2v) is 11.3. The maximum absolute atomic E-state index is 13.4. The molecule has 0 heterocycles. The second kappa shape index (κ2) is 13.3. The number of amides is 2. The molecule has 2 amide bonds. The molecule has 0 aromatic heterocycles. The number of carbonyl (C=O) groups excluding carboxylic acids is 2. The number of aryl methyl sites for hydroxylation is 1. The van der Waals surface area contributed by atoms with Crippen LogP contribution >= 0.6 is 0 Å². The number of rotatable bonds is 13. The minimum Gasteiger partial charge on any atom is -0.354 e. The topological polar surface area (TPSA) is 86.8 Å². The van der Waals surface area contributed by atoms with Crippen LogP contribution in [0.1, 0.15) is 51.2 Å². The lowest BCUT2D eigenvalue weighted by molar-refractivity contribution is -0.141. The summed E-state index contributed by atoms with van der Waals surface area (Å²) < 4.78 is 26.2. The normalized spacial score (nSPS) is 12.3. The van der Waals surface area contributed by atoms with Crippen molar-refractivity contribution in [2.75, 3.05) is 23.7 Å². The van der Waals surface area contributed by atoms with Gasteiger partial charge < -0.3 is 10.2 Å². The van der Waals surface area contributed by atoms with Crippen molar-refractivity contribution >= 4 is 27.5 Å². The van der Waals surface area contributed by atoms with Gasteiger partial charge in [0.15, 0.2) is 0 Å². The molecule has 8 heteroatoms. The lowest BCUT2D eigenvalue weighted by Crippen LogP contribution is -2.49. The molecule has 0 saturated heterocycles. The highest BCUT2D eigenvalue weighted by Crippen LogP contribution is 2.20. The van der Waals surface area contributed by atoms with Gasteiger partial charge >= 0.3 is 0 Å². The Kier molecular flexibility index (Phi) is 10.8. The molecule has 0 radical (unpaired) electrons. The summed E-state index contributed by atoms with van der Waals surface area (Å²) in [7, 11) is -3.51. The number of hydrogen-bond donors (Lipinski definition) is 1. The number of anilines is 1. The SMILES string of the molecule is CCC(C(=O)NCC(C)C)N(Cc1ccccc1)C(=O)CCCN(c1cccc(C)c1)S(C)(=O)=O. The third kappa shape index (κ3) is 9.02. The average Bonchev–Trinajstić information content (AvgIpc) is 2.80. The molecule has 2 aromatic carbocycles. The van der Waals surface area contributed by atoms with Crippen molar-refractivity contribution in [2.24, 2.45) is 5.92 Å². The standard InChI is InChI=1S/C27H39N3O4S/c1-6-25(27(32)28-19-21(2)3)29(20-23-13-8-7-9-14-23)26(31)16-11-17-30(35(5,33)34)24-15-10-12-22(4)18-24/h7-10,12-15,18,21,25H,6,11,16-17,19-20H2,1-5H3,(H,28,32). The highest BCUT2D eigenvalue weighted by atomic mass is 32.2. The highest BCUT2D eigenvalue weighted by molar-refractivity contribution is 7.92. The van der Waals surface area contributed by atoms with Crippen molar-refractivity contribution in [2.45, 2.75) is 59.5 Å². The van der Waals surface area contributed by atoms with Crippen LogP contribution in [0.3, 0.4) is 0 Å². The van der Waals surface area contributed by atoms with Gasteiger partial charge in [0.1, 0.15) is 6.04 Å². The minimum absolute atomic E-state index is 0.138. The van der Waals surface area contributed by atoms with Gasteiger partial charge in [-0.15, -0.1) is 0 Å². The summed E-state index contributed by atoms with van der Waals surface area (Å²) in [5.74, 6) is -0.0283. The van der Waals surface area contributed by atoms with Crippen LogP contribution in [0, 0.1) is 12.8 Å². The molecule has 0 bridgehead atoms. The van der Waals surface area contributed by atoms with Crippen LogP contribution in [-0.2, 0) is 26.2 Å². The highest BCUT2D eigenvalue weighted by Gasteiger charge is 2.28. The molecule has 0 aliphatic carbocycles. The van der Waals surface area contributed by atoms with Crippen LogP contribution in [-0.4, -0.2) is 50.5 Å². The van der Waals surface area contributed by atoms with E-state index in [2.05, 4.69) is 5.32 Å². The first-order valence-corrected chi connectivity index (χ1v) is 14.0. The van der Waals surface area contributed by atoms with Gasteiger partial charge in [-0.2, -0.15) is 0 Å². The number of nitrogens with zero attached hydrogens (tertiary/aromatic N) is 2. The van der Waals surface area contributed by atoms with E-state index in [1.807, 2.05) is 76.2 Å². The van der Waals surface area contributed by atoms with E-state index in [4.69, 9.17) is 0 Å². The molecular weight excluding hydrogens is 462 g/mol. The Bertz CT molecular complexity index is 1070. The Balaban J connectivity index is 2.18. The van der Waals surface area contributed by atoms with Gasteiger partial charge in [-0.3, -0.25) is 13.9 Å². The Hall–Kier alpha value is -2.87. The number of nitrogens with one attached hydrogen (secondary N) is 1. The number of sulfonamides is 1. The van der Waals surface area contributed by atoms with E-state index in [-0.39, 0.29) is 24.8 Å². The fourth-order valence-corrected chi connectivity index (χ4v) is 4.87. The smallest absolute Gasteiger partial charge is 0.242 e. The molecular formula is C27H39N3O4S. The molecule has 0 saturated carbocycles. The monoisotopic (exact) mass is 501 g/mol. The van der Waals surface area contributed by atoms with E-state index >= 15 is 0 Å². The molecule has 1 N–H and O–H groups in total. The zero-order chi connectivity index (χ0) is 26.0. The molecule has 0 fully saturated rings. The summed E-state index contributed by atoms with van der Waals surface area (Å²) >= 11 is 0. The number of hydrogen-bond acceptors (Lipinski definition) is 4. The van der Waals surface area contributed by atoms with Crippen molar-refractivity contribution < 1.29 is 18.0 Å². The molecule has 7 nitrogen and oxygen atoms in total. The Labute approximate surface area is 210 Å². The molecule has 35 heavy (non-hydrogen) atoms. The van der Waals surface area contributed by atoms with E-state index < -0.39 is 16.1 Å². The van der Waals surface area contributed by atoms with Crippen LogP contribution in [0.15, 0.2) is 54.6 Å². The third-order valence-corrected chi connectivity index (χ3v) is 6.90. The molecule has 0 aliphatic rings. The van der Waals surface area contributed by atoms with Crippen LogP contribution in [0.4, 0.5) is 5.69 Å². The van der Waals surface area contributed by atoms with E-state index in [0.717, 1.165) is 11.1 Å². The predicted molar refractivity (Wildman–Crippen MR) is 142 cm³/mol. The maximum atomic E-state index is 13.4. The molecule has 2 rings (SSSR count). The maximum Gasteiger partial charge on any atom is 0.242 e. The van der Waals surface area contributed by atoms with E-state index in [1.165, 1.54) is 10.6 Å². The largest absolute Gasteiger partial charge is 0.354 e. The lowest BCUT2D eigenvalue weighted by Gasteiger charge is -2.31. The predicted octanol–water partition coefficient (Wildman–Crippen LogP) is 4.12. The molecule has 0 aliphatic heterocycles. The van der Waals surface area contributed by atoms with Crippen LogP contribution < -0.4 is 9.62 Å². The summed E-state index contributed by atoms with van der Waals surface area (Å²) in [5, 5.41) is 2.95. The average molecular weight is 502 g/mol. The van der Waals surface area contributed by atoms with E-state index in [1.54, 1.807) is 11.0 Å². The first-order chi connectivity index (χ1) is 16.5. The van der Waals surface area contributed by atoms with Gasteiger partial charge in [-0.25, -0.2) is 8.42 Å². The van der Waals surface area contributed by atoms with Gasteiger partial charge in [0.2, 0.25) is 21.8 Å². The van der Waals surface area contributed by atoms with Crippen molar-refractivity contribution in [1.29, 1.82) is 0 Å². The van der Waals surface area contributed by atoms with Crippen molar-refractivity contribution in [3.63, 3.8) is 0 Å².